The second-order valence-electron chi connectivity index (χ2n) is 5.17. The van der Waals surface area contributed by atoms with Crippen molar-refractivity contribution >= 4 is 5.91 Å². The maximum absolute atomic E-state index is 12.3. The van der Waals surface area contributed by atoms with Gasteiger partial charge in [-0.05, 0) is 18.6 Å². The molecule has 5 nitrogen and oxygen atoms in total. The molecule has 0 spiro atoms. The number of aliphatic hydroxyl groups is 1. The van der Waals surface area contributed by atoms with Crippen LogP contribution < -0.4 is 10.9 Å². The average Bonchev–Trinajstić information content (AvgIpc) is 2.50. The van der Waals surface area contributed by atoms with E-state index in [-0.39, 0.29) is 17.7 Å². The first-order valence-electron chi connectivity index (χ1n) is 6.62. The van der Waals surface area contributed by atoms with Gasteiger partial charge in [0, 0.05) is 24.9 Å². The van der Waals surface area contributed by atoms with Crippen LogP contribution in [0.4, 0.5) is 0 Å². The zero-order chi connectivity index (χ0) is 15.5. The summed E-state index contributed by atoms with van der Waals surface area (Å²) in [5, 5.41) is 12.4. The maximum Gasteiger partial charge on any atom is 0.252 e. The van der Waals surface area contributed by atoms with E-state index in [9.17, 15) is 14.7 Å². The first kappa shape index (κ1) is 15.0. The molecular formula is C16H18N2O3. The number of pyridine rings is 1. The number of benzene rings is 1. The molecule has 1 atom stereocenters. The van der Waals surface area contributed by atoms with Crippen LogP contribution in [0.3, 0.4) is 0 Å². The fraction of sp³-hybridized carbons (Fsp3) is 0.250. The first-order chi connectivity index (χ1) is 9.96. The lowest BCUT2D eigenvalue weighted by atomic mass is 9.92. The molecule has 0 saturated carbocycles. The molecule has 1 unspecified atom stereocenters. The Kier molecular flexibility index (Phi) is 4.23. The summed E-state index contributed by atoms with van der Waals surface area (Å²) in [7, 11) is 1.62. The van der Waals surface area contributed by atoms with Crippen LogP contribution in [0.25, 0.3) is 0 Å². The highest BCUT2D eigenvalue weighted by molar-refractivity contribution is 5.94. The Morgan fingerprint density at radius 2 is 1.95 bits per heavy atom. The van der Waals surface area contributed by atoms with Crippen molar-refractivity contribution in [3.63, 3.8) is 0 Å². The summed E-state index contributed by atoms with van der Waals surface area (Å²) in [6.07, 6.45) is 1.54. The van der Waals surface area contributed by atoms with Gasteiger partial charge in [-0.25, -0.2) is 0 Å². The van der Waals surface area contributed by atoms with Crippen LogP contribution in [0.15, 0.2) is 53.5 Å². The predicted octanol–water partition coefficient (Wildman–Crippen LogP) is 1.02. The SMILES string of the molecule is Cn1ccc(C(=O)NC(C)(CO)c2ccccc2)cc1=O. The molecule has 0 aliphatic rings. The van der Waals surface area contributed by atoms with E-state index in [4.69, 9.17) is 0 Å². The molecule has 1 aromatic heterocycles. The van der Waals surface area contributed by atoms with Crippen LogP contribution in [-0.4, -0.2) is 22.2 Å². The molecule has 110 valence electrons. The van der Waals surface area contributed by atoms with Gasteiger partial charge in [-0.2, -0.15) is 0 Å². The summed E-state index contributed by atoms with van der Waals surface area (Å²) < 4.78 is 1.39. The molecule has 0 saturated heterocycles. The van der Waals surface area contributed by atoms with Crippen LogP contribution in [0, 0.1) is 0 Å². The van der Waals surface area contributed by atoms with Gasteiger partial charge in [0.2, 0.25) is 0 Å². The highest BCUT2D eigenvalue weighted by atomic mass is 16.3. The minimum Gasteiger partial charge on any atom is -0.394 e. The quantitative estimate of drug-likeness (QED) is 0.881. The van der Waals surface area contributed by atoms with Gasteiger partial charge in [0.1, 0.15) is 0 Å². The smallest absolute Gasteiger partial charge is 0.252 e. The van der Waals surface area contributed by atoms with E-state index in [1.54, 1.807) is 20.0 Å². The number of aliphatic hydroxyl groups excluding tert-OH is 1. The molecular weight excluding hydrogens is 268 g/mol. The molecule has 0 radical (unpaired) electrons. The van der Waals surface area contributed by atoms with Gasteiger partial charge in [0.25, 0.3) is 11.5 Å². The Morgan fingerprint density at radius 3 is 2.52 bits per heavy atom. The lowest BCUT2D eigenvalue weighted by Gasteiger charge is -2.29. The molecule has 0 fully saturated rings. The van der Waals surface area contributed by atoms with Crippen molar-refractivity contribution in [1.82, 2.24) is 9.88 Å². The Labute approximate surface area is 122 Å². The minimum absolute atomic E-state index is 0.242. The van der Waals surface area contributed by atoms with Gasteiger partial charge in [0.05, 0.1) is 12.1 Å². The summed E-state index contributed by atoms with van der Waals surface area (Å²) in [6, 6.07) is 12.1. The third-order valence-electron chi connectivity index (χ3n) is 3.48. The number of hydrogen-bond donors (Lipinski definition) is 2. The average molecular weight is 286 g/mol. The van der Waals surface area contributed by atoms with Gasteiger partial charge in [0.15, 0.2) is 0 Å². The molecule has 5 heteroatoms. The number of carbonyl (C=O) groups is 1. The monoisotopic (exact) mass is 286 g/mol. The summed E-state index contributed by atoms with van der Waals surface area (Å²) in [6.45, 7) is 1.49. The minimum atomic E-state index is -0.903. The third-order valence-corrected chi connectivity index (χ3v) is 3.48. The normalized spacial score (nSPS) is 13.5. The summed E-state index contributed by atoms with van der Waals surface area (Å²) >= 11 is 0. The molecule has 0 aliphatic heterocycles. The highest BCUT2D eigenvalue weighted by Gasteiger charge is 2.28. The molecule has 1 aromatic carbocycles. The topological polar surface area (TPSA) is 71.3 Å². The van der Waals surface area contributed by atoms with Crippen molar-refractivity contribution in [1.29, 1.82) is 0 Å². The van der Waals surface area contributed by atoms with Crippen molar-refractivity contribution in [3.8, 4) is 0 Å². The molecule has 21 heavy (non-hydrogen) atoms. The molecule has 2 rings (SSSR count). The van der Waals surface area contributed by atoms with E-state index in [1.807, 2.05) is 30.3 Å². The molecule has 1 amide bonds. The summed E-state index contributed by atoms with van der Waals surface area (Å²) in [5.74, 6) is -0.395. The van der Waals surface area contributed by atoms with Gasteiger partial charge >= 0.3 is 0 Å². The van der Waals surface area contributed by atoms with Gasteiger partial charge in [-0.1, -0.05) is 30.3 Å². The second kappa shape index (κ2) is 5.93. The molecule has 2 N–H and O–H groups in total. The van der Waals surface area contributed by atoms with Crippen molar-refractivity contribution in [2.24, 2.45) is 7.05 Å². The fourth-order valence-electron chi connectivity index (χ4n) is 2.02. The lowest BCUT2D eigenvalue weighted by Crippen LogP contribution is -2.46. The molecule has 2 aromatic rings. The molecule has 0 bridgehead atoms. The summed E-state index contributed by atoms with van der Waals surface area (Å²) in [4.78, 5) is 23.9. The van der Waals surface area contributed by atoms with Crippen molar-refractivity contribution in [3.05, 3.63) is 70.1 Å². The number of aryl methyl sites for hydroxylation is 1. The molecule has 0 aliphatic carbocycles. The van der Waals surface area contributed by atoms with E-state index < -0.39 is 11.4 Å². The largest absolute Gasteiger partial charge is 0.394 e. The Bertz CT molecular complexity index is 694. The van der Waals surface area contributed by atoms with Crippen LogP contribution in [0.2, 0.25) is 0 Å². The summed E-state index contributed by atoms with van der Waals surface area (Å²) in [5.41, 5.74) is -0.0918. The second-order valence-corrected chi connectivity index (χ2v) is 5.17. The van der Waals surface area contributed by atoms with E-state index in [1.165, 1.54) is 16.8 Å². The van der Waals surface area contributed by atoms with E-state index in [2.05, 4.69) is 5.32 Å². The fourth-order valence-corrected chi connectivity index (χ4v) is 2.02. The number of hydrogen-bond acceptors (Lipinski definition) is 3. The van der Waals surface area contributed by atoms with Crippen molar-refractivity contribution in [2.45, 2.75) is 12.5 Å². The number of nitrogens with one attached hydrogen (secondary N) is 1. The molecule has 1 heterocycles. The van der Waals surface area contributed by atoms with Crippen LogP contribution in [0.1, 0.15) is 22.8 Å². The Morgan fingerprint density at radius 1 is 1.29 bits per heavy atom. The first-order valence-corrected chi connectivity index (χ1v) is 6.62. The number of nitrogens with zero attached hydrogens (tertiary/aromatic N) is 1. The van der Waals surface area contributed by atoms with Crippen molar-refractivity contribution in [2.75, 3.05) is 6.61 Å². The zero-order valence-electron chi connectivity index (χ0n) is 12.0. The Hall–Kier alpha value is -2.40. The standard InChI is InChI=1S/C16H18N2O3/c1-16(11-19,13-6-4-3-5-7-13)17-15(21)12-8-9-18(2)14(20)10-12/h3-10,19H,11H2,1-2H3,(H,17,21). The van der Waals surface area contributed by atoms with Gasteiger partial charge in [-0.15, -0.1) is 0 Å². The predicted molar refractivity (Wildman–Crippen MR) is 80.0 cm³/mol. The third kappa shape index (κ3) is 3.20. The van der Waals surface area contributed by atoms with E-state index in [0.29, 0.717) is 0 Å². The van der Waals surface area contributed by atoms with E-state index >= 15 is 0 Å². The number of carbonyl (C=O) groups excluding carboxylic acids is 1. The lowest BCUT2D eigenvalue weighted by molar-refractivity contribution is 0.0849. The highest BCUT2D eigenvalue weighted by Crippen LogP contribution is 2.20. The number of rotatable bonds is 4. The Balaban J connectivity index is 2.28. The van der Waals surface area contributed by atoms with Crippen molar-refractivity contribution < 1.29 is 9.90 Å². The van der Waals surface area contributed by atoms with Crippen LogP contribution in [0.5, 0.6) is 0 Å². The van der Waals surface area contributed by atoms with E-state index in [0.717, 1.165) is 5.56 Å². The number of aromatic nitrogens is 1. The van der Waals surface area contributed by atoms with Gasteiger partial charge in [-0.3, -0.25) is 9.59 Å². The van der Waals surface area contributed by atoms with Gasteiger partial charge < -0.3 is 15.0 Å². The maximum atomic E-state index is 12.3. The zero-order valence-corrected chi connectivity index (χ0v) is 12.0. The van der Waals surface area contributed by atoms with Crippen LogP contribution >= 0.6 is 0 Å². The number of amides is 1. The van der Waals surface area contributed by atoms with Crippen LogP contribution in [-0.2, 0) is 12.6 Å².